The first-order chi connectivity index (χ1) is 10.7. The van der Waals surface area contributed by atoms with Crippen LogP contribution in [-0.2, 0) is 22.6 Å². The van der Waals surface area contributed by atoms with E-state index in [2.05, 4.69) is 5.32 Å². The van der Waals surface area contributed by atoms with Crippen LogP contribution in [0.3, 0.4) is 0 Å². The molecule has 1 atom stereocenters. The van der Waals surface area contributed by atoms with Crippen molar-refractivity contribution in [3.63, 3.8) is 0 Å². The van der Waals surface area contributed by atoms with Crippen molar-refractivity contribution in [2.45, 2.75) is 19.0 Å². The lowest BCUT2D eigenvalue weighted by Crippen LogP contribution is -2.58. The number of benzene rings is 2. The smallest absolute Gasteiger partial charge is 0.246 e. The molecule has 0 saturated carbocycles. The summed E-state index contributed by atoms with van der Waals surface area (Å²) in [7, 11) is 0. The van der Waals surface area contributed by atoms with Gasteiger partial charge in [0.25, 0.3) is 0 Å². The molecule has 22 heavy (non-hydrogen) atoms. The van der Waals surface area contributed by atoms with Crippen molar-refractivity contribution < 1.29 is 9.59 Å². The van der Waals surface area contributed by atoms with Gasteiger partial charge in [-0.25, -0.2) is 0 Å². The molecule has 2 aromatic rings. The fraction of sp³-hybridized carbons (Fsp3) is 0.222. The zero-order valence-electron chi connectivity index (χ0n) is 12.2. The van der Waals surface area contributed by atoms with Crippen LogP contribution in [0.25, 0.3) is 0 Å². The normalized spacial score (nSPS) is 18.2. The van der Waals surface area contributed by atoms with Gasteiger partial charge in [-0.3, -0.25) is 9.59 Å². The quantitative estimate of drug-likeness (QED) is 0.934. The molecule has 1 heterocycles. The van der Waals surface area contributed by atoms with Gasteiger partial charge in [-0.1, -0.05) is 60.7 Å². The maximum atomic E-state index is 12.6. The van der Waals surface area contributed by atoms with E-state index in [1.54, 1.807) is 4.90 Å². The summed E-state index contributed by atoms with van der Waals surface area (Å²) in [6, 6.07) is 19.0. The lowest BCUT2D eigenvalue weighted by molar-refractivity contribution is -0.144. The van der Waals surface area contributed by atoms with Gasteiger partial charge in [0.1, 0.15) is 6.04 Å². The molecule has 112 valence electrons. The van der Waals surface area contributed by atoms with Crippen LogP contribution in [0.2, 0.25) is 0 Å². The Labute approximate surface area is 129 Å². The molecule has 1 saturated heterocycles. The Hall–Kier alpha value is -2.62. The second kappa shape index (κ2) is 6.43. The molecule has 1 fully saturated rings. The number of carbonyl (C=O) groups excluding carboxylic acids is 2. The summed E-state index contributed by atoms with van der Waals surface area (Å²) in [5.41, 5.74) is 2.08. The van der Waals surface area contributed by atoms with Crippen LogP contribution in [0.5, 0.6) is 0 Å². The van der Waals surface area contributed by atoms with Crippen molar-refractivity contribution in [3.05, 3.63) is 71.8 Å². The Bertz CT molecular complexity index is 600. The van der Waals surface area contributed by atoms with Gasteiger partial charge in [0.15, 0.2) is 0 Å². The number of nitrogens with one attached hydrogen (secondary N) is 1. The minimum atomic E-state index is -0.479. The Balaban J connectivity index is 1.72. The molecule has 0 spiro atoms. The van der Waals surface area contributed by atoms with Gasteiger partial charge < -0.3 is 10.2 Å². The summed E-state index contributed by atoms with van der Waals surface area (Å²) in [6.45, 7) is 0.595. The molecule has 4 heteroatoms. The minimum Gasteiger partial charge on any atom is -0.342 e. The summed E-state index contributed by atoms with van der Waals surface area (Å²) in [4.78, 5) is 26.1. The Morgan fingerprint density at radius 2 is 1.50 bits per heavy atom. The summed E-state index contributed by atoms with van der Waals surface area (Å²) in [6.07, 6.45) is 0.525. The highest BCUT2D eigenvalue weighted by molar-refractivity contribution is 5.95. The van der Waals surface area contributed by atoms with Gasteiger partial charge in [0.2, 0.25) is 11.8 Å². The van der Waals surface area contributed by atoms with Crippen LogP contribution in [0.1, 0.15) is 11.1 Å². The van der Waals surface area contributed by atoms with Crippen LogP contribution < -0.4 is 5.32 Å². The number of rotatable bonds is 4. The first-order valence-electron chi connectivity index (χ1n) is 7.38. The van der Waals surface area contributed by atoms with E-state index in [-0.39, 0.29) is 18.4 Å². The molecular weight excluding hydrogens is 276 g/mol. The standard InChI is InChI=1S/C18H18N2O2/c21-17-13-20(12-15-9-5-2-6-10-15)18(22)16(19-17)11-14-7-3-1-4-8-14/h1-10,16H,11-13H2,(H,19,21)/t16-/m0/s1. The van der Waals surface area contributed by atoms with Gasteiger partial charge in [-0.2, -0.15) is 0 Å². The van der Waals surface area contributed by atoms with Gasteiger partial charge in [0, 0.05) is 13.0 Å². The molecule has 1 N–H and O–H groups in total. The van der Waals surface area contributed by atoms with E-state index in [0.29, 0.717) is 13.0 Å². The third-order valence-electron chi connectivity index (χ3n) is 3.78. The van der Waals surface area contributed by atoms with Crippen molar-refractivity contribution in [1.29, 1.82) is 0 Å². The average Bonchev–Trinajstić information content (AvgIpc) is 2.54. The molecule has 4 nitrogen and oxygen atoms in total. The van der Waals surface area contributed by atoms with E-state index >= 15 is 0 Å². The van der Waals surface area contributed by atoms with Crippen LogP contribution in [0.4, 0.5) is 0 Å². The lowest BCUT2D eigenvalue weighted by Gasteiger charge is -2.32. The Morgan fingerprint density at radius 3 is 2.14 bits per heavy atom. The van der Waals surface area contributed by atoms with E-state index in [1.807, 2.05) is 60.7 Å². The third-order valence-corrected chi connectivity index (χ3v) is 3.78. The van der Waals surface area contributed by atoms with Crippen molar-refractivity contribution in [1.82, 2.24) is 10.2 Å². The molecule has 2 aromatic carbocycles. The lowest BCUT2D eigenvalue weighted by atomic mass is 10.0. The van der Waals surface area contributed by atoms with Gasteiger partial charge in [-0.05, 0) is 11.1 Å². The monoisotopic (exact) mass is 294 g/mol. The highest BCUT2D eigenvalue weighted by Crippen LogP contribution is 2.13. The van der Waals surface area contributed by atoms with Gasteiger partial charge in [0.05, 0.1) is 6.54 Å². The van der Waals surface area contributed by atoms with Crippen molar-refractivity contribution >= 4 is 11.8 Å². The number of amides is 2. The predicted octanol–water partition coefficient (Wildman–Crippen LogP) is 1.76. The van der Waals surface area contributed by atoms with Crippen LogP contribution in [0, 0.1) is 0 Å². The largest absolute Gasteiger partial charge is 0.342 e. The minimum absolute atomic E-state index is 0.0210. The number of hydrogen-bond acceptors (Lipinski definition) is 2. The zero-order chi connectivity index (χ0) is 15.4. The van der Waals surface area contributed by atoms with Crippen LogP contribution >= 0.6 is 0 Å². The van der Waals surface area contributed by atoms with E-state index in [4.69, 9.17) is 0 Å². The van der Waals surface area contributed by atoms with Gasteiger partial charge >= 0.3 is 0 Å². The maximum Gasteiger partial charge on any atom is 0.246 e. The van der Waals surface area contributed by atoms with E-state index in [1.165, 1.54) is 0 Å². The number of hydrogen-bond donors (Lipinski definition) is 1. The highest BCUT2D eigenvalue weighted by atomic mass is 16.2. The van der Waals surface area contributed by atoms with Crippen molar-refractivity contribution in [3.8, 4) is 0 Å². The summed E-state index contributed by atoms with van der Waals surface area (Å²) in [5, 5.41) is 2.80. The third kappa shape index (κ3) is 3.34. The number of carbonyl (C=O) groups is 2. The van der Waals surface area contributed by atoms with E-state index < -0.39 is 6.04 Å². The molecule has 3 rings (SSSR count). The van der Waals surface area contributed by atoms with Crippen molar-refractivity contribution in [2.75, 3.05) is 6.54 Å². The summed E-state index contributed by atoms with van der Waals surface area (Å²) < 4.78 is 0. The maximum absolute atomic E-state index is 12.6. The van der Waals surface area contributed by atoms with E-state index in [0.717, 1.165) is 11.1 Å². The van der Waals surface area contributed by atoms with Crippen LogP contribution in [-0.4, -0.2) is 29.3 Å². The van der Waals surface area contributed by atoms with E-state index in [9.17, 15) is 9.59 Å². The first-order valence-corrected chi connectivity index (χ1v) is 7.38. The average molecular weight is 294 g/mol. The summed E-state index contributed by atoms with van der Waals surface area (Å²) in [5.74, 6) is -0.122. The fourth-order valence-electron chi connectivity index (χ4n) is 2.70. The van der Waals surface area contributed by atoms with Crippen LogP contribution in [0.15, 0.2) is 60.7 Å². The molecule has 2 amide bonds. The summed E-state index contributed by atoms with van der Waals surface area (Å²) >= 11 is 0. The highest BCUT2D eigenvalue weighted by Gasteiger charge is 2.32. The molecule has 0 aromatic heterocycles. The Morgan fingerprint density at radius 1 is 0.909 bits per heavy atom. The second-order valence-electron chi connectivity index (χ2n) is 5.49. The molecule has 1 aliphatic heterocycles. The fourth-order valence-corrected chi connectivity index (χ4v) is 2.70. The zero-order valence-corrected chi connectivity index (χ0v) is 12.2. The molecule has 0 bridgehead atoms. The molecule has 1 aliphatic rings. The Kier molecular flexibility index (Phi) is 4.19. The molecule has 0 aliphatic carbocycles. The SMILES string of the molecule is O=C1CN(Cc2ccccc2)C(=O)[C@H](Cc2ccccc2)N1. The molecular formula is C18H18N2O2. The number of nitrogens with zero attached hydrogens (tertiary/aromatic N) is 1. The first kappa shape index (κ1) is 14.3. The molecule has 0 radical (unpaired) electrons. The predicted molar refractivity (Wildman–Crippen MR) is 83.9 cm³/mol. The number of piperazine rings is 1. The topological polar surface area (TPSA) is 49.4 Å². The van der Waals surface area contributed by atoms with Crippen molar-refractivity contribution in [2.24, 2.45) is 0 Å². The molecule has 0 unspecified atom stereocenters. The second-order valence-corrected chi connectivity index (χ2v) is 5.49. The van der Waals surface area contributed by atoms with Gasteiger partial charge in [-0.15, -0.1) is 0 Å².